The van der Waals surface area contributed by atoms with Crippen molar-refractivity contribution in [2.75, 3.05) is 13.1 Å². The number of alkyl halides is 3. The largest absolute Gasteiger partial charge is 0.418 e. The fourth-order valence-corrected chi connectivity index (χ4v) is 6.09. The zero-order chi connectivity index (χ0) is 26.4. The SMILES string of the molecule is C[C@H]1CCCN(Cc2cc(C(F)(F)F)c3cn(-c4cccc([C@@H](c5ncn[nH]5)C5CCC5)c4)c(=O)n3c2)C1. The van der Waals surface area contributed by atoms with Gasteiger partial charge in [0.2, 0.25) is 0 Å². The van der Waals surface area contributed by atoms with E-state index in [1.807, 2.05) is 18.2 Å². The van der Waals surface area contributed by atoms with E-state index >= 15 is 0 Å². The molecule has 1 saturated carbocycles. The van der Waals surface area contributed by atoms with Crippen molar-refractivity contribution in [3.05, 3.63) is 82.1 Å². The number of rotatable bonds is 6. The van der Waals surface area contributed by atoms with Gasteiger partial charge in [0.05, 0.1) is 16.8 Å². The summed E-state index contributed by atoms with van der Waals surface area (Å²) >= 11 is 0. The monoisotopic (exact) mass is 524 g/mol. The fourth-order valence-electron chi connectivity index (χ4n) is 6.09. The maximum atomic E-state index is 14.2. The number of halogens is 3. The molecule has 2 atom stereocenters. The predicted octanol–water partition coefficient (Wildman–Crippen LogP) is 5.39. The zero-order valence-corrected chi connectivity index (χ0v) is 21.3. The van der Waals surface area contributed by atoms with Crippen LogP contribution in [0.4, 0.5) is 13.2 Å². The third kappa shape index (κ3) is 4.66. The molecule has 10 heteroatoms. The molecule has 0 radical (unpaired) electrons. The Hall–Kier alpha value is -3.40. The number of benzene rings is 1. The molecule has 6 rings (SSSR count). The maximum Gasteiger partial charge on any atom is 0.418 e. The van der Waals surface area contributed by atoms with Gasteiger partial charge in [0.25, 0.3) is 0 Å². The standard InChI is InChI=1S/C28H31F3N6O/c1-18-5-4-10-35(13-18)14-19-11-23(28(29,30)31)24-16-36(27(38)37(24)15-19)22-9-3-8-21(12-22)25(20-6-2-7-20)26-32-17-33-34-26/h3,8-9,11-12,15-18,20,25H,2,4-7,10,13-14H2,1H3,(H,32,33,34)/t18-,25-/m0/s1. The van der Waals surface area contributed by atoms with Gasteiger partial charge in [-0.05, 0) is 73.4 Å². The van der Waals surface area contributed by atoms with E-state index in [2.05, 4.69) is 27.0 Å². The summed E-state index contributed by atoms with van der Waals surface area (Å²) in [5.74, 6) is 1.66. The molecule has 1 saturated heterocycles. The van der Waals surface area contributed by atoms with Crippen molar-refractivity contribution in [2.24, 2.45) is 11.8 Å². The number of likely N-dealkylation sites (tertiary alicyclic amines) is 1. The molecule has 0 spiro atoms. The van der Waals surface area contributed by atoms with Crippen molar-refractivity contribution in [1.29, 1.82) is 0 Å². The molecular weight excluding hydrogens is 493 g/mol. The molecule has 1 N–H and O–H groups in total. The number of imidazole rings is 1. The van der Waals surface area contributed by atoms with Crippen LogP contribution in [0, 0.1) is 11.8 Å². The third-order valence-electron chi connectivity index (χ3n) is 8.13. The molecule has 0 unspecified atom stereocenters. The summed E-state index contributed by atoms with van der Waals surface area (Å²) in [6.07, 6.45) is 5.22. The van der Waals surface area contributed by atoms with Crippen LogP contribution in [0.25, 0.3) is 11.2 Å². The number of nitrogens with one attached hydrogen (secondary N) is 1. The highest BCUT2D eigenvalue weighted by molar-refractivity contribution is 5.58. The first-order valence-corrected chi connectivity index (χ1v) is 13.3. The minimum Gasteiger partial charge on any atom is -0.299 e. The number of fused-ring (bicyclic) bond motifs is 1. The second-order valence-corrected chi connectivity index (χ2v) is 10.9. The summed E-state index contributed by atoms with van der Waals surface area (Å²) < 4.78 is 45.0. The van der Waals surface area contributed by atoms with Gasteiger partial charge in [0, 0.05) is 31.4 Å². The van der Waals surface area contributed by atoms with Gasteiger partial charge in [-0.15, -0.1) is 0 Å². The summed E-state index contributed by atoms with van der Waals surface area (Å²) in [6.45, 7) is 4.24. The van der Waals surface area contributed by atoms with Crippen molar-refractivity contribution < 1.29 is 13.2 Å². The lowest BCUT2D eigenvalue weighted by atomic mass is 9.72. The smallest absolute Gasteiger partial charge is 0.299 e. The van der Waals surface area contributed by atoms with Crippen LogP contribution in [0.1, 0.15) is 67.5 Å². The predicted molar refractivity (Wildman–Crippen MR) is 137 cm³/mol. The highest BCUT2D eigenvalue weighted by atomic mass is 19.4. The molecule has 1 aliphatic carbocycles. The Morgan fingerprint density at radius 1 is 1.13 bits per heavy atom. The molecular formula is C28H31F3N6O. The molecule has 38 heavy (non-hydrogen) atoms. The number of hydrogen-bond acceptors (Lipinski definition) is 4. The van der Waals surface area contributed by atoms with Crippen molar-refractivity contribution in [3.8, 4) is 5.69 Å². The van der Waals surface area contributed by atoms with Gasteiger partial charge >= 0.3 is 11.9 Å². The molecule has 4 heterocycles. The summed E-state index contributed by atoms with van der Waals surface area (Å²) in [5, 5.41) is 7.00. The highest BCUT2D eigenvalue weighted by Gasteiger charge is 2.35. The normalized spacial score (nSPS) is 20.1. The molecule has 2 aliphatic rings. The molecule has 1 aromatic carbocycles. The first kappa shape index (κ1) is 24.9. The average molecular weight is 525 g/mol. The van der Waals surface area contributed by atoms with Crippen molar-refractivity contribution in [2.45, 2.75) is 57.7 Å². The van der Waals surface area contributed by atoms with Crippen LogP contribution in [-0.4, -0.2) is 42.1 Å². The van der Waals surface area contributed by atoms with Gasteiger partial charge in [0.1, 0.15) is 12.2 Å². The van der Waals surface area contributed by atoms with Crippen molar-refractivity contribution >= 4 is 5.52 Å². The second-order valence-electron chi connectivity index (χ2n) is 10.9. The minimum absolute atomic E-state index is 0.0109. The number of hydrogen-bond donors (Lipinski definition) is 1. The lowest BCUT2D eigenvalue weighted by Crippen LogP contribution is -2.34. The van der Waals surface area contributed by atoms with E-state index in [0.717, 1.165) is 61.0 Å². The molecule has 7 nitrogen and oxygen atoms in total. The second kappa shape index (κ2) is 9.72. The van der Waals surface area contributed by atoms with Gasteiger partial charge < -0.3 is 0 Å². The summed E-state index contributed by atoms with van der Waals surface area (Å²) in [7, 11) is 0. The van der Waals surface area contributed by atoms with Crippen LogP contribution in [0.5, 0.6) is 0 Å². The van der Waals surface area contributed by atoms with Crippen molar-refractivity contribution in [1.82, 2.24) is 29.0 Å². The van der Waals surface area contributed by atoms with E-state index < -0.39 is 17.4 Å². The quantitative estimate of drug-likeness (QED) is 0.367. The van der Waals surface area contributed by atoms with Crippen LogP contribution in [0.2, 0.25) is 0 Å². The molecule has 2 fully saturated rings. The highest BCUT2D eigenvalue weighted by Crippen LogP contribution is 2.42. The Bertz CT molecular complexity index is 1480. The summed E-state index contributed by atoms with van der Waals surface area (Å²) in [5.41, 5.74) is 0.524. The molecule has 200 valence electrons. The van der Waals surface area contributed by atoms with Crippen LogP contribution >= 0.6 is 0 Å². The topological polar surface area (TPSA) is 71.2 Å². The molecule has 3 aromatic heterocycles. The van der Waals surface area contributed by atoms with Crippen LogP contribution in [0.3, 0.4) is 0 Å². The Labute approximate surface area is 218 Å². The fraction of sp³-hybridized carbons (Fsp3) is 0.464. The van der Waals surface area contributed by atoms with E-state index in [9.17, 15) is 18.0 Å². The van der Waals surface area contributed by atoms with E-state index in [0.29, 0.717) is 29.6 Å². The number of nitrogens with zero attached hydrogens (tertiary/aromatic N) is 5. The molecule has 1 aliphatic heterocycles. The zero-order valence-electron chi connectivity index (χ0n) is 21.3. The summed E-state index contributed by atoms with van der Waals surface area (Å²) in [6, 6.07) is 8.66. The first-order chi connectivity index (χ1) is 18.3. The number of piperidine rings is 1. The van der Waals surface area contributed by atoms with Crippen molar-refractivity contribution in [3.63, 3.8) is 0 Å². The van der Waals surface area contributed by atoms with E-state index in [1.165, 1.54) is 23.2 Å². The Morgan fingerprint density at radius 2 is 1.97 bits per heavy atom. The van der Waals surface area contributed by atoms with Crippen LogP contribution < -0.4 is 5.69 Å². The minimum atomic E-state index is -4.58. The number of aromatic nitrogens is 5. The maximum absolute atomic E-state index is 14.2. The van der Waals surface area contributed by atoms with Crippen LogP contribution in [0.15, 0.2) is 53.8 Å². The van der Waals surface area contributed by atoms with Gasteiger partial charge in [-0.3, -0.25) is 19.0 Å². The van der Waals surface area contributed by atoms with E-state index in [4.69, 9.17) is 0 Å². The Balaban J connectivity index is 1.42. The summed E-state index contributed by atoms with van der Waals surface area (Å²) in [4.78, 5) is 20.1. The average Bonchev–Trinajstić information content (AvgIpc) is 3.49. The van der Waals surface area contributed by atoms with Gasteiger partial charge in [0.15, 0.2) is 0 Å². The Kier molecular flexibility index (Phi) is 6.37. The number of aromatic amines is 1. The van der Waals surface area contributed by atoms with Crippen LogP contribution in [-0.2, 0) is 12.7 Å². The van der Waals surface area contributed by atoms with Gasteiger partial charge in [-0.25, -0.2) is 9.78 Å². The number of pyridine rings is 1. The van der Waals surface area contributed by atoms with Gasteiger partial charge in [-0.1, -0.05) is 25.5 Å². The number of H-pyrrole nitrogens is 1. The molecule has 4 aromatic rings. The Morgan fingerprint density at radius 3 is 2.66 bits per heavy atom. The third-order valence-corrected chi connectivity index (χ3v) is 8.13. The van der Waals surface area contributed by atoms with E-state index in [1.54, 1.807) is 12.3 Å². The lowest BCUT2D eigenvalue weighted by Gasteiger charge is -2.33. The lowest BCUT2D eigenvalue weighted by molar-refractivity contribution is -0.136. The molecule has 0 bridgehead atoms. The molecule has 0 amide bonds. The van der Waals surface area contributed by atoms with E-state index in [-0.39, 0.29) is 11.4 Å². The first-order valence-electron chi connectivity index (χ1n) is 13.3. The van der Waals surface area contributed by atoms with Gasteiger partial charge in [-0.2, -0.15) is 18.3 Å².